The van der Waals surface area contributed by atoms with Gasteiger partial charge in [0.1, 0.15) is 0 Å². The van der Waals surface area contributed by atoms with E-state index in [-0.39, 0.29) is 0 Å². The van der Waals surface area contributed by atoms with Gasteiger partial charge in [0, 0.05) is 0 Å². The summed E-state index contributed by atoms with van der Waals surface area (Å²) in [6.07, 6.45) is 5.01. The molecular weight excluding hydrogens is 307 g/mol. The van der Waals surface area contributed by atoms with Crippen LogP contribution in [0.5, 0.6) is 0 Å². The maximum absolute atomic E-state index is 2.50. The number of hydrogen-bond donors (Lipinski definition) is 0. The van der Waals surface area contributed by atoms with E-state index in [1.807, 2.05) is 0 Å². The van der Waals surface area contributed by atoms with Crippen LogP contribution in [0.3, 0.4) is 0 Å². The molecule has 0 aliphatic rings. The first-order valence-electron chi connectivity index (χ1n) is 8.80. The minimum atomic E-state index is -1.30. The predicted octanol–water partition coefficient (Wildman–Crippen LogP) is 5.31. The Morgan fingerprint density at radius 3 is 1.54 bits per heavy atom. The second-order valence-electron chi connectivity index (χ2n) is 6.53. The van der Waals surface area contributed by atoms with Gasteiger partial charge < -0.3 is 0 Å². The average molecular weight is 333 g/mol. The molecule has 0 spiro atoms. The van der Waals surface area contributed by atoms with Gasteiger partial charge in [-0.15, -0.1) is 0 Å². The van der Waals surface area contributed by atoms with Crippen molar-refractivity contribution in [1.82, 2.24) is 0 Å². The summed E-state index contributed by atoms with van der Waals surface area (Å²) in [7, 11) is -1.30. The maximum atomic E-state index is 2.50. The first-order valence-corrected chi connectivity index (χ1v) is 11.2. The van der Waals surface area contributed by atoms with Gasteiger partial charge in [0.25, 0.3) is 0 Å². The first kappa shape index (κ1) is 16.9. The van der Waals surface area contributed by atoms with Crippen molar-refractivity contribution in [3.05, 3.63) is 96.6 Å². The Morgan fingerprint density at radius 2 is 1.04 bits per heavy atom. The van der Waals surface area contributed by atoms with Crippen LogP contribution in [0.4, 0.5) is 0 Å². The van der Waals surface area contributed by atoms with E-state index in [0.29, 0.717) is 0 Å². The lowest BCUT2D eigenvalue weighted by Crippen LogP contribution is -2.24. The molecule has 3 rings (SSSR count). The van der Waals surface area contributed by atoms with Crippen molar-refractivity contribution >= 4 is 17.9 Å². The van der Waals surface area contributed by atoms with Crippen LogP contribution < -0.4 is 10.6 Å². The molecule has 0 fully saturated rings. The zero-order valence-corrected chi connectivity index (χ0v) is 15.3. The highest BCUT2D eigenvalue weighted by atomic mass is 31.2. The third-order valence-electron chi connectivity index (χ3n) is 4.82. The van der Waals surface area contributed by atoms with Crippen LogP contribution in [-0.2, 0) is 6.42 Å². The van der Waals surface area contributed by atoms with Gasteiger partial charge in [0.2, 0.25) is 0 Å². The van der Waals surface area contributed by atoms with E-state index in [4.69, 9.17) is 0 Å². The summed E-state index contributed by atoms with van der Waals surface area (Å²) < 4.78 is 0. The van der Waals surface area contributed by atoms with Crippen molar-refractivity contribution in [2.24, 2.45) is 0 Å². The summed E-state index contributed by atoms with van der Waals surface area (Å²) in [5.41, 5.74) is 1.46. The first-order chi connectivity index (χ1) is 11.8. The van der Waals surface area contributed by atoms with Gasteiger partial charge in [-0.1, -0.05) is 66.7 Å². The Morgan fingerprint density at radius 1 is 0.583 bits per heavy atom. The van der Waals surface area contributed by atoms with Gasteiger partial charge in [-0.25, -0.2) is 0 Å². The molecule has 3 aromatic carbocycles. The van der Waals surface area contributed by atoms with Crippen LogP contribution in [0, 0.1) is 0 Å². The van der Waals surface area contributed by atoms with E-state index >= 15 is 0 Å². The lowest BCUT2D eigenvalue weighted by Gasteiger charge is -2.23. The largest absolute Gasteiger partial charge is 0.0988 e. The molecule has 0 N–H and O–H groups in total. The van der Waals surface area contributed by atoms with E-state index in [2.05, 4.69) is 97.7 Å². The molecule has 0 radical (unpaired) electrons. The minimum Gasteiger partial charge on any atom is -0.0622 e. The molecule has 1 heteroatoms. The molecule has 0 aliphatic carbocycles. The summed E-state index contributed by atoms with van der Waals surface area (Å²) in [5.74, 6) is 0. The maximum Gasteiger partial charge on any atom is 0.0988 e. The van der Waals surface area contributed by atoms with E-state index in [9.17, 15) is 0 Å². The zero-order chi connectivity index (χ0) is 16.7. The molecule has 0 aliphatic heterocycles. The van der Waals surface area contributed by atoms with Crippen LogP contribution in [0.25, 0.3) is 0 Å². The third kappa shape index (κ3) is 4.13. The smallest absolute Gasteiger partial charge is 0.0622 e. The van der Waals surface area contributed by atoms with Crippen molar-refractivity contribution in [1.29, 1.82) is 0 Å². The summed E-state index contributed by atoms with van der Waals surface area (Å²) in [4.78, 5) is 0. The molecule has 0 aromatic heterocycles. The molecule has 0 heterocycles. The standard InChI is InChI=1S/C23H26P/c1-24(22-16-7-3-8-17-22,23-18-9-4-10-19-23)20-12-11-15-21-13-5-2-6-14-21/h2-10,13-14,16-19H,11-12,15,20H2,1H3/q+1. The van der Waals surface area contributed by atoms with Gasteiger partial charge in [0.05, 0.1) is 30.7 Å². The average Bonchev–Trinajstić information content (AvgIpc) is 2.67. The number of aryl methyl sites for hydroxylation is 1. The van der Waals surface area contributed by atoms with Gasteiger partial charge in [-0.05, 0) is 49.1 Å². The normalized spacial score (nSPS) is 11.4. The highest BCUT2D eigenvalue weighted by molar-refractivity contribution is 7.88. The van der Waals surface area contributed by atoms with Crippen molar-refractivity contribution in [2.45, 2.75) is 19.3 Å². The topological polar surface area (TPSA) is 0 Å². The highest BCUT2D eigenvalue weighted by Crippen LogP contribution is 2.53. The van der Waals surface area contributed by atoms with Gasteiger partial charge in [0.15, 0.2) is 0 Å². The molecule has 3 aromatic rings. The number of unbranched alkanes of at least 4 members (excludes halogenated alkanes) is 1. The molecule has 0 saturated carbocycles. The van der Waals surface area contributed by atoms with Crippen molar-refractivity contribution < 1.29 is 0 Å². The lowest BCUT2D eigenvalue weighted by molar-refractivity contribution is 0.799. The molecule has 0 amide bonds. The molecule has 24 heavy (non-hydrogen) atoms. The number of benzene rings is 3. The van der Waals surface area contributed by atoms with Gasteiger partial charge in [-0.2, -0.15) is 0 Å². The van der Waals surface area contributed by atoms with E-state index < -0.39 is 7.26 Å². The molecule has 0 bridgehead atoms. The Kier molecular flexibility index (Phi) is 5.83. The molecule has 0 saturated heterocycles. The minimum absolute atomic E-state index is 1.18. The summed E-state index contributed by atoms with van der Waals surface area (Å²) in [5, 5.41) is 3.05. The predicted molar refractivity (Wildman–Crippen MR) is 109 cm³/mol. The van der Waals surface area contributed by atoms with Gasteiger partial charge in [-0.3, -0.25) is 0 Å². The summed E-state index contributed by atoms with van der Waals surface area (Å²) in [6, 6.07) is 33.1. The van der Waals surface area contributed by atoms with Crippen LogP contribution in [0.1, 0.15) is 18.4 Å². The Hall–Kier alpha value is -1.91. The Labute approximate surface area is 146 Å². The molecular formula is C23H26P+. The third-order valence-corrected chi connectivity index (χ3v) is 8.90. The van der Waals surface area contributed by atoms with Gasteiger partial charge >= 0.3 is 0 Å². The number of hydrogen-bond acceptors (Lipinski definition) is 0. The summed E-state index contributed by atoms with van der Waals surface area (Å²) >= 11 is 0. The summed E-state index contributed by atoms with van der Waals surface area (Å²) in [6.45, 7) is 2.50. The fourth-order valence-corrected chi connectivity index (χ4v) is 6.65. The number of rotatable bonds is 7. The van der Waals surface area contributed by atoms with Crippen molar-refractivity contribution in [2.75, 3.05) is 12.8 Å². The molecule has 0 nitrogen and oxygen atoms in total. The highest BCUT2D eigenvalue weighted by Gasteiger charge is 2.36. The van der Waals surface area contributed by atoms with Crippen LogP contribution in [-0.4, -0.2) is 12.8 Å². The fourth-order valence-electron chi connectivity index (χ4n) is 3.32. The quantitative estimate of drug-likeness (QED) is 0.406. The molecule has 0 unspecified atom stereocenters. The van der Waals surface area contributed by atoms with Crippen LogP contribution in [0.2, 0.25) is 0 Å². The van der Waals surface area contributed by atoms with Crippen LogP contribution in [0.15, 0.2) is 91.0 Å². The van der Waals surface area contributed by atoms with Crippen molar-refractivity contribution in [3.8, 4) is 0 Å². The van der Waals surface area contributed by atoms with Crippen LogP contribution >= 0.6 is 7.26 Å². The Bertz CT molecular complexity index is 680. The molecule has 122 valence electrons. The van der Waals surface area contributed by atoms with E-state index in [1.165, 1.54) is 41.6 Å². The van der Waals surface area contributed by atoms with E-state index in [1.54, 1.807) is 0 Å². The van der Waals surface area contributed by atoms with Crippen molar-refractivity contribution in [3.63, 3.8) is 0 Å². The molecule has 0 atom stereocenters. The monoisotopic (exact) mass is 333 g/mol. The second-order valence-corrected chi connectivity index (χ2v) is 10.4. The Balaban J connectivity index is 1.72. The van der Waals surface area contributed by atoms with E-state index in [0.717, 1.165) is 0 Å². The zero-order valence-electron chi connectivity index (χ0n) is 14.4. The second kappa shape index (κ2) is 8.27. The SMILES string of the molecule is C[P+](CCCCc1ccccc1)(c1ccccc1)c1ccccc1. The lowest BCUT2D eigenvalue weighted by atomic mass is 10.1. The fraction of sp³-hybridized carbons (Fsp3) is 0.217.